The van der Waals surface area contributed by atoms with Crippen molar-refractivity contribution in [3.63, 3.8) is 0 Å². The molecule has 0 radical (unpaired) electrons. The van der Waals surface area contributed by atoms with Crippen molar-refractivity contribution in [1.82, 2.24) is 9.80 Å². The normalized spacial score (nSPS) is 23.2. The van der Waals surface area contributed by atoms with E-state index in [0.29, 0.717) is 11.8 Å². The lowest BCUT2D eigenvalue weighted by Gasteiger charge is -2.24. The van der Waals surface area contributed by atoms with Crippen molar-refractivity contribution in [3.05, 3.63) is 0 Å². The van der Waals surface area contributed by atoms with Crippen LogP contribution in [0.1, 0.15) is 54.4 Å². The van der Waals surface area contributed by atoms with Crippen LogP contribution in [0.5, 0.6) is 0 Å². The van der Waals surface area contributed by atoms with E-state index in [2.05, 4.69) is 0 Å². The predicted molar refractivity (Wildman–Crippen MR) is 117 cm³/mol. The number of carbonyl (C=O) groups is 2. The zero-order chi connectivity index (χ0) is 20.9. The summed E-state index contributed by atoms with van der Waals surface area (Å²) in [5.41, 5.74) is -0.873. The minimum atomic E-state index is -0.436. The lowest BCUT2D eigenvalue weighted by atomic mass is 10.2. The highest BCUT2D eigenvalue weighted by molar-refractivity contribution is 8.76. The molecule has 0 saturated carbocycles. The van der Waals surface area contributed by atoms with Crippen molar-refractivity contribution >= 4 is 33.8 Å². The first-order valence-electron chi connectivity index (χ1n) is 10.1. The standard InChI is InChI=1S/C20H36N2O4S2/c1-19(2,3)25-17(23)21-9-7-15(11-21)13-27-28-14-16-8-10-22(12-16)18(24)26-20(4,5)6/h15-16H,7-14H2,1-6H3/t15-,16+. The number of amides is 2. The van der Waals surface area contributed by atoms with E-state index in [1.54, 1.807) is 0 Å². The summed E-state index contributed by atoms with van der Waals surface area (Å²) in [5, 5.41) is 0. The lowest BCUT2D eigenvalue weighted by Crippen LogP contribution is -2.35. The van der Waals surface area contributed by atoms with E-state index in [9.17, 15) is 9.59 Å². The second-order valence-corrected chi connectivity index (χ2v) is 12.3. The Kier molecular flexibility index (Phi) is 8.26. The number of carbonyl (C=O) groups excluding carboxylic acids is 2. The van der Waals surface area contributed by atoms with Gasteiger partial charge in [-0.25, -0.2) is 9.59 Å². The van der Waals surface area contributed by atoms with Crippen LogP contribution in [-0.4, -0.2) is 70.9 Å². The molecule has 2 aliphatic heterocycles. The molecular formula is C20H36N2O4S2. The third-order valence-electron chi connectivity index (χ3n) is 4.57. The summed E-state index contributed by atoms with van der Waals surface area (Å²) in [7, 11) is 3.77. The van der Waals surface area contributed by atoms with E-state index in [1.807, 2.05) is 72.9 Å². The lowest BCUT2D eigenvalue weighted by molar-refractivity contribution is 0.0279. The van der Waals surface area contributed by atoms with Gasteiger partial charge in [0.2, 0.25) is 0 Å². The minimum Gasteiger partial charge on any atom is -0.444 e. The molecule has 0 N–H and O–H groups in total. The Balaban J connectivity index is 1.59. The van der Waals surface area contributed by atoms with Crippen LogP contribution in [0.15, 0.2) is 0 Å². The third-order valence-corrected chi connectivity index (χ3v) is 7.26. The first kappa shape index (κ1) is 23.5. The summed E-state index contributed by atoms with van der Waals surface area (Å²) in [5.74, 6) is 3.16. The zero-order valence-corrected chi connectivity index (χ0v) is 19.8. The molecule has 0 aliphatic carbocycles. The van der Waals surface area contributed by atoms with Gasteiger partial charge in [-0.15, -0.1) is 0 Å². The van der Waals surface area contributed by atoms with Crippen LogP contribution in [0.25, 0.3) is 0 Å². The first-order valence-corrected chi connectivity index (χ1v) is 12.6. The highest BCUT2D eigenvalue weighted by Crippen LogP contribution is 2.32. The summed E-state index contributed by atoms with van der Waals surface area (Å²) >= 11 is 0. The average molecular weight is 433 g/mol. The van der Waals surface area contributed by atoms with E-state index in [0.717, 1.165) is 50.5 Å². The summed E-state index contributed by atoms with van der Waals surface area (Å²) in [6.07, 6.45) is 1.70. The third kappa shape index (κ3) is 8.31. The summed E-state index contributed by atoms with van der Waals surface area (Å²) in [4.78, 5) is 27.9. The number of ether oxygens (including phenoxy) is 2. The molecule has 2 rings (SSSR count). The van der Waals surface area contributed by atoms with E-state index in [1.165, 1.54) is 0 Å². The Bertz CT molecular complexity index is 497. The van der Waals surface area contributed by atoms with Crippen molar-refractivity contribution in [3.8, 4) is 0 Å². The largest absolute Gasteiger partial charge is 0.444 e. The SMILES string of the molecule is CC(C)(C)OC(=O)N1CC[C@H](CSSC[C@@H]2CCN(C(=O)OC(C)(C)C)C2)C1. The van der Waals surface area contributed by atoms with Crippen LogP contribution in [0.4, 0.5) is 9.59 Å². The van der Waals surface area contributed by atoms with Crippen molar-refractivity contribution in [2.45, 2.75) is 65.6 Å². The van der Waals surface area contributed by atoms with E-state index in [4.69, 9.17) is 9.47 Å². The molecule has 0 aromatic carbocycles. The molecule has 2 fully saturated rings. The zero-order valence-electron chi connectivity index (χ0n) is 18.2. The molecule has 0 spiro atoms. The second-order valence-electron chi connectivity index (χ2n) is 9.73. The molecule has 2 amide bonds. The van der Waals surface area contributed by atoms with E-state index in [-0.39, 0.29) is 12.2 Å². The second kappa shape index (κ2) is 9.83. The van der Waals surface area contributed by atoms with Crippen molar-refractivity contribution in [2.75, 3.05) is 37.7 Å². The number of rotatable bonds is 5. The van der Waals surface area contributed by atoms with Crippen molar-refractivity contribution in [2.24, 2.45) is 11.8 Å². The van der Waals surface area contributed by atoms with Crippen LogP contribution in [0, 0.1) is 11.8 Å². The van der Waals surface area contributed by atoms with Gasteiger partial charge in [0.1, 0.15) is 11.2 Å². The van der Waals surface area contributed by atoms with Gasteiger partial charge in [-0.1, -0.05) is 21.6 Å². The van der Waals surface area contributed by atoms with Gasteiger partial charge in [-0.05, 0) is 66.2 Å². The highest BCUT2D eigenvalue weighted by Gasteiger charge is 2.31. The number of nitrogens with zero attached hydrogens (tertiary/aromatic N) is 2. The predicted octanol–water partition coefficient (Wildman–Crippen LogP) is 4.88. The number of hydrogen-bond donors (Lipinski definition) is 0. The van der Waals surface area contributed by atoms with Gasteiger partial charge < -0.3 is 19.3 Å². The highest BCUT2D eigenvalue weighted by atomic mass is 33.1. The monoisotopic (exact) mass is 432 g/mol. The van der Waals surface area contributed by atoms with Crippen LogP contribution in [-0.2, 0) is 9.47 Å². The van der Waals surface area contributed by atoms with Crippen molar-refractivity contribution in [1.29, 1.82) is 0 Å². The summed E-state index contributed by atoms with van der Waals surface area (Å²) in [6.45, 7) is 14.6. The van der Waals surface area contributed by atoms with Gasteiger partial charge in [0.25, 0.3) is 0 Å². The quantitative estimate of drug-likeness (QED) is 0.456. The summed E-state index contributed by atoms with van der Waals surface area (Å²) in [6, 6.07) is 0. The molecule has 2 atom stereocenters. The van der Waals surface area contributed by atoms with Gasteiger partial charge in [0.05, 0.1) is 0 Å². The Morgan fingerprint density at radius 1 is 0.786 bits per heavy atom. The maximum absolute atomic E-state index is 12.1. The van der Waals surface area contributed by atoms with Gasteiger partial charge >= 0.3 is 12.2 Å². The van der Waals surface area contributed by atoms with Crippen molar-refractivity contribution < 1.29 is 19.1 Å². The van der Waals surface area contributed by atoms with E-state index >= 15 is 0 Å². The molecule has 162 valence electrons. The number of hydrogen-bond acceptors (Lipinski definition) is 6. The molecule has 6 nitrogen and oxygen atoms in total. The Labute approximate surface area is 177 Å². The molecular weight excluding hydrogens is 396 g/mol. The van der Waals surface area contributed by atoms with Gasteiger partial charge in [0.15, 0.2) is 0 Å². The fourth-order valence-electron chi connectivity index (χ4n) is 3.21. The molecule has 2 aliphatic rings. The molecule has 0 aromatic rings. The summed E-state index contributed by atoms with van der Waals surface area (Å²) < 4.78 is 10.9. The minimum absolute atomic E-state index is 0.194. The molecule has 2 saturated heterocycles. The van der Waals surface area contributed by atoms with Gasteiger partial charge in [-0.2, -0.15) is 0 Å². The fourth-order valence-corrected chi connectivity index (χ4v) is 6.06. The van der Waals surface area contributed by atoms with Crippen LogP contribution >= 0.6 is 21.6 Å². The Hall–Kier alpha value is -0.760. The van der Waals surface area contributed by atoms with Crippen LogP contribution < -0.4 is 0 Å². The molecule has 28 heavy (non-hydrogen) atoms. The molecule has 2 heterocycles. The molecule has 8 heteroatoms. The smallest absolute Gasteiger partial charge is 0.410 e. The van der Waals surface area contributed by atoms with Crippen LogP contribution in [0.2, 0.25) is 0 Å². The van der Waals surface area contributed by atoms with E-state index < -0.39 is 11.2 Å². The molecule has 0 unspecified atom stereocenters. The maximum atomic E-state index is 12.1. The maximum Gasteiger partial charge on any atom is 0.410 e. The van der Waals surface area contributed by atoms with Gasteiger partial charge in [-0.3, -0.25) is 0 Å². The molecule has 0 aromatic heterocycles. The average Bonchev–Trinajstić information content (AvgIpc) is 3.18. The Morgan fingerprint density at radius 2 is 1.14 bits per heavy atom. The topological polar surface area (TPSA) is 59.1 Å². The fraction of sp³-hybridized carbons (Fsp3) is 0.900. The van der Waals surface area contributed by atoms with Gasteiger partial charge in [0, 0.05) is 37.7 Å². The Morgan fingerprint density at radius 3 is 1.46 bits per heavy atom. The molecule has 0 bridgehead atoms. The first-order chi connectivity index (χ1) is 12.9. The number of likely N-dealkylation sites (tertiary alicyclic amines) is 2. The van der Waals surface area contributed by atoms with Crippen LogP contribution in [0.3, 0.4) is 0 Å².